The molecule has 3 aromatic carbocycles. The number of ether oxygens (including phenoxy) is 1. The lowest BCUT2D eigenvalue weighted by atomic mass is 9.85. The Balaban J connectivity index is 1.40. The van der Waals surface area contributed by atoms with Gasteiger partial charge in [-0.1, -0.05) is 102 Å². The molecule has 75 heavy (non-hydrogen) atoms. The molecular formula is C55H77ClN10O9. The van der Waals surface area contributed by atoms with Crippen molar-refractivity contribution < 1.29 is 43.1 Å². The minimum atomic E-state index is -1.08. The lowest BCUT2D eigenvalue weighted by molar-refractivity contribution is -0.144. The van der Waals surface area contributed by atoms with E-state index in [1.165, 1.54) is 46.6 Å². The van der Waals surface area contributed by atoms with Crippen LogP contribution in [-0.2, 0) is 28.8 Å². The zero-order chi connectivity index (χ0) is 55.7. The van der Waals surface area contributed by atoms with Crippen LogP contribution in [0.15, 0.2) is 78.9 Å². The molecule has 19 nitrogen and oxygen atoms in total. The second-order valence-electron chi connectivity index (χ2n) is 21.9. The molecule has 7 N–H and O–H groups in total. The first-order valence-corrected chi connectivity index (χ1v) is 25.8. The van der Waals surface area contributed by atoms with E-state index in [0.29, 0.717) is 0 Å². The van der Waals surface area contributed by atoms with Gasteiger partial charge in [0.1, 0.15) is 36.0 Å². The highest BCUT2D eigenvalue weighted by Crippen LogP contribution is 2.30. The van der Waals surface area contributed by atoms with E-state index in [0.717, 1.165) is 11.1 Å². The van der Waals surface area contributed by atoms with Crippen molar-refractivity contribution in [1.29, 1.82) is 0 Å². The molecule has 0 radical (unpaired) electrons. The summed E-state index contributed by atoms with van der Waals surface area (Å²) in [4.78, 5) is 116. The quantitative estimate of drug-likeness (QED) is 0.0848. The van der Waals surface area contributed by atoms with Crippen molar-refractivity contribution >= 4 is 59.0 Å². The highest BCUT2D eigenvalue weighted by Gasteiger charge is 2.48. The van der Waals surface area contributed by atoms with Crippen LogP contribution in [0.4, 0.5) is 0 Å². The normalized spacial score (nSPS) is 20.1. The van der Waals surface area contributed by atoms with Gasteiger partial charge in [0.05, 0.1) is 25.2 Å². The molecule has 0 aromatic heterocycles. The van der Waals surface area contributed by atoms with E-state index < -0.39 is 119 Å². The number of benzene rings is 3. The summed E-state index contributed by atoms with van der Waals surface area (Å²) in [5.41, 5.74) is 0.189. The number of likely N-dealkylation sites (N-methyl/N-ethyl adjacent to an activating group) is 2. The summed E-state index contributed by atoms with van der Waals surface area (Å²) in [7, 11) is 4.55. The molecule has 0 bridgehead atoms. The molecule has 408 valence electrons. The van der Waals surface area contributed by atoms with Crippen molar-refractivity contribution in [2.24, 2.45) is 10.8 Å². The summed E-state index contributed by atoms with van der Waals surface area (Å²) in [5, 5.41) is 20.6. The van der Waals surface area contributed by atoms with E-state index in [1.54, 1.807) is 41.7 Å². The fourth-order valence-corrected chi connectivity index (χ4v) is 9.19. The monoisotopic (exact) mass is 1060 g/mol. The Morgan fingerprint density at radius 1 is 0.613 bits per heavy atom. The van der Waals surface area contributed by atoms with Crippen LogP contribution in [0.3, 0.4) is 0 Å². The van der Waals surface area contributed by atoms with Gasteiger partial charge in [0, 0.05) is 43.3 Å². The van der Waals surface area contributed by atoms with Crippen molar-refractivity contribution in [1.82, 2.24) is 51.4 Å². The Kier molecular flexibility index (Phi) is 20.0. The molecule has 2 heterocycles. The van der Waals surface area contributed by atoms with E-state index >= 15 is 0 Å². The zero-order valence-corrected chi connectivity index (χ0v) is 46.3. The summed E-state index contributed by atoms with van der Waals surface area (Å²) in [6.07, 6.45) is 0.0654. The van der Waals surface area contributed by atoms with Crippen molar-refractivity contribution in [3.63, 3.8) is 0 Å². The van der Waals surface area contributed by atoms with Gasteiger partial charge < -0.3 is 51.8 Å². The average Bonchev–Trinajstić information content (AvgIpc) is 4.00. The second kappa shape index (κ2) is 25.3. The highest BCUT2D eigenvalue weighted by molar-refractivity contribution is 6.14. The van der Waals surface area contributed by atoms with Crippen LogP contribution in [-0.4, -0.2) is 144 Å². The first kappa shape index (κ1) is 59.3. The van der Waals surface area contributed by atoms with Crippen LogP contribution in [0.2, 0.25) is 0 Å². The third kappa shape index (κ3) is 15.3. The smallest absolute Gasteiger partial charge is 0.251 e. The highest BCUT2D eigenvalue weighted by atomic mass is 35.5. The third-order valence-electron chi connectivity index (χ3n) is 14.0. The molecule has 2 aliphatic rings. The third-order valence-corrected chi connectivity index (χ3v) is 14.3. The molecule has 0 unspecified atom stereocenters. The number of hydrogen-bond acceptors (Lipinski definition) is 11. The summed E-state index contributed by atoms with van der Waals surface area (Å²) < 4.78 is 6.76. The number of likely N-dealkylation sites (tertiary alicyclic amines) is 2. The maximum Gasteiger partial charge on any atom is 0.251 e. The van der Waals surface area contributed by atoms with Crippen LogP contribution < -0.4 is 42.0 Å². The van der Waals surface area contributed by atoms with Gasteiger partial charge in [0.15, 0.2) is 0 Å². The lowest BCUT2D eigenvalue weighted by Gasteiger charge is -2.36. The first-order valence-electron chi connectivity index (χ1n) is 25.4. The molecule has 2 aliphatic heterocycles. The average molecular weight is 1060 g/mol. The zero-order valence-electron chi connectivity index (χ0n) is 45.5. The number of hydrogen-bond donors (Lipinski definition) is 7. The van der Waals surface area contributed by atoms with Crippen LogP contribution in [0.25, 0.3) is 0 Å². The molecule has 3 aromatic rings. The van der Waals surface area contributed by atoms with Gasteiger partial charge in [-0.25, -0.2) is 4.42 Å². The summed E-state index contributed by atoms with van der Waals surface area (Å²) >= 11 is 6.12. The lowest BCUT2D eigenvalue weighted by Crippen LogP contribution is -2.59. The molecule has 10 atom stereocenters. The van der Waals surface area contributed by atoms with Crippen molar-refractivity contribution in [3.8, 4) is 5.75 Å². The van der Waals surface area contributed by atoms with Gasteiger partial charge in [0.25, 0.3) is 11.8 Å². The van der Waals surface area contributed by atoms with Gasteiger partial charge in [-0.05, 0) is 99.5 Å². The molecule has 0 saturated carbocycles. The second-order valence-corrected chi connectivity index (χ2v) is 22.4. The number of halogens is 1. The number of nitrogens with one attached hydrogen (secondary N) is 7. The largest absolute Gasteiger partial charge is 0.497 e. The Morgan fingerprint density at radius 2 is 1.00 bits per heavy atom. The Bertz CT molecular complexity index is 2540. The number of methoxy groups -OCH3 is 1. The maximum atomic E-state index is 14.7. The number of nitrogens with zero attached hydrogens (tertiary/aromatic N) is 3. The molecule has 20 heteroatoms. The molecule has 8 amide bonds. The minimum Gasteiger partial charge on any atom is -0.497 e. The summed E-state index contributed by atoms with van der Waals surface area (Å²) in [5.74, 6) is -3.86. The first-order chi connectivity index (χ1) is 35.1. The number of amides is 8. The van der Waals surface area contributed by atoms with E-state index in [-0.39, 0.29) is 42.8 Å². The fourth-order valence-electron chi connectivity index (χ4n) is 9.10. The fraction of sp³-hybridized carbons (Fsp3) is 0.527. The standard InChI is InChI=1S/C55H77ClN10O9/c1-31(35-20-16-14-17-21-35)58-50(71)42-27-39(29-65(42)52(73)44(54(5,6)7)62-46(67)33(3)57-11)60-48(69)37-24-38(26-41(25-37)75-13)49(70)61-40-28-43(51(72)59-32(2)36-22-18-15-19-23-36)66(30-40)53(74)45(55(8,9)10)63-47(68)34(4)64(12)56/h14-26,31-34,39-40,42-45,57H,27-30H2,1-13H3,(H,58,71)(H,59,72)(H,60,69)(H,61,70)(H,62,67)(H,63,68)/t31-,32-,33+,34+,39+,40+,42+,43+,44-,45-/m1/s1. The topological polar surface area (TPSA) is 240 Å². The van der Waals surface area contributed by atoms with Gasteiger partial charge in [-0.15, -0.1) is 0 Å². The van der Waals surface area contributed by atoms with Crippen molar-refractivity contribution in [2.75, 3.05) is 34.3 Å². The number of carbonyl (C=O) groups excluding carboxylic acids is 8. The van der Waals surface area contributed by atoms with Gasteiger partial charge >= 0.3 is 0 Å². The molecule has 0 spiro atoms. The van der Waals surface area contributed by atoms with Gasteiger partial charge in [0.2, 0.25) is 35.4 Å². The number of rotatable bonds is 19. The molecular weight excluding hydrogens is 980 g/mol. The van der Waals surface area contributed by atoms with Crippen molar-refractivity contribution in [2.45, 2.75) is 142 Å². The van der Waals surface area contributed by atoms with Crippen molar-refractivity contribution in [3.05, 3.63) is 101 Å². The summed E-state index contributed by atoms with van der Waals surface area (Å²) in [6.45, 7) is 17.6. The van der Waals surface area contributed by atoms with Gasteiger partial charge in [-0.3, -0.25) is 38.4 Å². The van der Waals surface area contributed by atoms with Crippen LogP contribution in [0.5, 0.6) is 5.75 Å². The Hall–Kier alpha value is -6.57. The summed E-state index contributed by atoms with van der Waals surface area (Å²) in [6, 6.07) is 15.0. The predicted molar refractivity (Wildman–Crippen MR) is 286 cm³/mol. The Labute approximate surface area is 446 Å². The number of carbonyl (C=O) groups is 8. The van der Waals surface area contributed by atoms with Crippen LogP contribution in [0, 0.1) is 10.8 Å². The molecule has 2 fully saturated rings. The molecule has 5 rings (SSSR count). The Morgan fingerprint density at radius 3 is 1.35 bits per heavy atom. The maximum absolute atomic E-state index is 14.7. The predicted octanol–water partition coefficient (Wildman–Crippen LogP) is 3.99. The van der Waals surface area contributed by atoms with E-state index in [1.807, 2.05) is 95.3 Å². The SMILES string of the molecule is CN[C@@H](C)C(=O)N[C@H](C(=O)N1C[C@@H](NC(=O)c2cc(OC)cc(C(=O)N[C@H]3C[C@@H](C(=O)N[C@H](C)c4ccccc4)N(C(=O)[C@@H](NC(=O)[C@H](C)N(C)Cl)C(C)(C)C)C3)c2)C[C@H]1C(=O)N[C@H](C)c1ccccc1)C(C)(C)C. The molecule has 2 saturated heterocycles. The van der Waals surface area contributed by atoms with Gasteiger partial charge in [-0.2, -0.15) is 0 Å². The molecule has 0 aliphatic carbocycles. The van der Waals surface area contributed by atoms with E-state index in [9.17, 15) is 38.4 Å². The van der Waals surface area contributed by atoms with Crippen LogP contribution in [0.1, 0.15) is 126 Å². The van der Waals surface area contributed by atoms with E-state index in [4.69, 9.17) is 16.5 Å². The minimum absolute atomic E-state index is 0.0256. The van der Waals surface area contributed by atoms with E-state index in [2.05, 4.69) is 37.2 Å². The van der Waals surface area contributed by atoms with Crippen LogP contribution >= 0.6 is 11.8 Å².